The van der Waals surface area contributed by atoms with E-state index in [-0.39, 0.29) is 39.8 Å². The zero-order valence-corrected chi connectivity index (χ0v) is 18.5. The predicted octanol–water partition coefficient (Wildman–Crippen LogP) is 2.76. The first kappa shape index (κ1) is 20.7. The minimum Gasteiger partial charge on any atom is -0.381 e. The Kier molecular flexibility index (Phi) is 4.50. The highest BCUT2D eigenvalue weighted by atomic mass is 15.0. The number of nitrogen functional groups attached to an aromatic ring is 1. The third-order valence-corrected chi connectivity index (χ3v) is 5.37. The fourth-order valence-corrected chi connectivity index (χ4v) is 3.72. The summed E-state index contributed by atoms with van der Waals surface area (Å²) in [5, 5.41) is 18.6. The van der Waals surface area contributed by atoms with Crippen LogP contribution in [0.4, 0.5) is 5.82 Å². The summed E-state index contributed by atoms with van der Waals surface area (Å²) in [5.74, 6) is 0.0134. The molecule has 12 nitrogen and oxygen atoms in total. The number of hydrogen-bond donors (Lipinski definition) is 1. The lowest BCUT2D eigenvalue weighted by Crippen LogP contribution is -2.02. The molecular formula is C24H11N12+. The number of nitrogens with zero attached hydrogens (tertiary/aromatic N) is 11. The van der Waals surface area contributed by atoms with Crippen LogP contribution in [0.3, 0.4) is 0 Å². The summed E-state index contributed by atoms with van der Waals surface area (Å²) in [4.78, 5) is 38.8. The molecular weight excluding hydrogens is 456 g/mol. The number of hydrogen-bond acceptors (Lipinski definition) is 11. The van der Waals surface area contributed by atoms with Crippen LogP contribution in [0.25, 0.3) is 60.6 Å². The van der Waals surface area contributed by atoms with Crippen molar-refractivity contribution in [3.05, 3.63) is 58.3 Å². The Morgan fingerprint density at radius 1 is 0.611 bits per heavy atom. The highest BCUT2D eigenvalue weighted by molar-refractivity contribution is 5.90. The van der Waals surface area contributed by atoms with Crippen LogP contribution < -0.4 is 5.73 Å². The van der Waals surface area contributed by atoms with E-state index in [4.69, 9.17) is 5.73 Å². The topological polar surface area (TPSA) is 181 Å². The number of nitriles is 2. The van der Waals surface area contributed by atoms with Crippen molar-refractivity contribution in [1.29, 1.82) is 10.5 Å². The van der Waals surface area contributed by atoms with E-state index < -0.39 is 0 Å². The van der Waals surface area contributed by atoms with E-state index in [0.29, 0.717) is 27.7 Å². The molecule has 6 aromatic rings. The van der Waals surface area contributed by atoms with E-state index in [9.17, 15) is 10.5 Å². The average Bonchev–Trinajstić information content (AvgIpc) is 2.89. The molecule has 4 heterocycles. The second kappa shape index (κ2) is 7.83. The van der Waals surface area contributed by atoms with E-state index in [1.807, 2.05) is 48.5 Å². The molecule has 0 radical (unpaired) electrons. The van der Waals surface area contributed by atoms with Crippen LogP contribution in [0.5, 0.6) is 0 Å². The fourth-order valence-electron chi connectivity index (χ4n) is 3.72. The van der Waals surface area contributed by atoms with E-state index in [0.717, 1.165) is 11.1 Å². The molecule has 4 aromatic heterocycles. The fraction of sp³-hybridized carbons (Fsp3) is 0.0417. The van der Waals surface area contributed by atoms with Gasteiger partial charge in [-0.05, 0) is 35.4 Å². The van der Waals surface area contributed by atoms with E-state index in [1.54, 1.807) is 0 Å². The smallest absolute Gasteiger partial charge is 0.334 e. The Balaban J connectivity index is 1.49. The lowest BCUT2D eigenvalue weighted by molar-refractivity contribution is 1.15. The van der Waals surface area contributed by atoms with Crippen molar-refractivity contribution in [2.45, 2.75) is 0 Å². The highest BCUT2D eigenvalue weighted by Crippen LogP contribution is 2.27. The van der Waals surface area contributed by atoms with Gasteiger partial charge in [0.1, 0.15) is 12.1 Å². The first-order valence-electron chi connectivity index (χ1n) is 10.5. The standard InChI is InChI=1S/C24H10N12/c1-28-10-19-17(8-25)33-22-21(35-19)29-13-4-2-11(6-15(13)31-22)12-3-5-14-16(7-12)32-23-24(30-14)36-20(27)18(9-26)34-23/h2-7,27H,1H3/p+1. The zero-order chi connectivity index (χ0) is 24.8. The number of benzene rings is 2. The summed E-state index contributed by atoms with van der Waals surface area (Å²) in [6.45, 7) is 0. The van der Waals surface area contributed by atoms with E-state index in [2.05, 4.69) is 50.8 Å². The van der Waals surface area contributed by atoms with Gasteiger partial charge >= 0.3 is 6.07 Å². The van der Waals surface area contributed by atoms with Gasteiger partial charge in [0.05, 0.1) is 22.1 Å². The van der Waals surface area contributed by atoms with Gasteiger partial charge in [0.2, 0.25) is 5.69 Å². The molecule has 0 saturated carbocycles. The van der Waals surface area contributed by atoms with Crippen molar-refractivity contribution in [2.24, 2.45) is 0 Å². The van der Waals surface area contributed by atoms with Gasteiger partial charge in [0.15, 0.2) is 39.8 Å². The molecule has 0 spiro atoms. The van der Waals surface area contributed by atoms with Crippen LogP contribution in [-0.2, 0) is 0 Å². The summed E-state index contributed by atoms with van der Waals surface area (Å²) in [6, 6.07) is 17.7. The van der Waals surface area contributed by atoms with E-state index in [1.165, 1.54) is 7.05 Å². The zero-order valence-electron chi connectivity index (χ0n) is 18.5. The SMILES string of the molecule is C[N+]#Cc1nc2nc3ccc(-c4ccc5nc6nc(N)c(C#N)nc6nc5c4)cc3nc2nc1C#N. The molecule has 2 aromatic carbocycles. The van der Waals surface area contributed by atoms with Gasteiger partial charge in [0.25, 0.3) is 7.05 Å². The van der Waals surface area contributed by atoms with Gasteiger partial charge in [-0.1, -0.05) is 17.0 Å². The third kappa shape index (κ3) is 3.29. The summed E-state index contributed by atoms with van der Waals surface area (Å²) >= 11 is 0. The lowest BCUT2D eigenvalue weighted by atomic mass is 10.0. The molecule has 0 saturated heterocycles. The molecule has 0 atom stereocenters. The summed E-state index contributed by atoms with van der Waals surface area (Å²) in [6.07, 6.45) is 0. The summed E-state index contributed by atoms with van der Waals surface area (Å²) < 4.78 is 0. The average molecular weight is 467 g/mol. The van der Waals surface area contributed by atoms with Gasteiger partial charge in [-0.15, -0.1) is 0 Å². The molecule has 2 N–H and O–H groups in total. The van der Waals surface area contributed by atoms with Gasteiger partial charge < -0.3 is 5.73 Å². The molecule has 6 rings (SSSR count). The third-order valence-electron chi connectivity index (χ3n) is 5.37. The van der Waals surface area contributed by atoms with Crippen molar-refractivity contribution in [2.75, 3.05) is 12.8 Å². The molecule has 0 aliphatic rings. The molecule has 0 amide bonds. The van der Waals surface area contributed by atoms with Crippen molar-refractivity contribution in [3.8, 4) is 29.3 Å². The molecule has 166 valence electrons. The molecule has 0 unspecified atom stereocenters. The normalized spacial score (nSPS) is 10.8. The monoisotopic (exact) mass is 467 g/mol. The van der Waals surface area contributed by atoms with Crippen molar-refractivity contribution in [3.63, 3.8) is 0 Å². The Bertz CT molecular complexity index is 2060. The van der Waals surface area contributed by atoms with Crippen LogP contribution in [0.2, 0.25) is 0 Å². The maximum Gasteiger partial charge on any atom is 0.334 e. The number of aromatic nitrogens is 8. The summed E-state index contributed by atoms with van der Waals surface area (Å²) in [7, 11) is 1.54. The van der Waals surface area contributed by atoms with Crippen LogP contribution in [0.1, 0.15) is 17.1 Å². The largest absolute Gasteiger partial charge is 0.381 e. The Morgan fingerprint density at radius 2 is 1.08 bits per heavy atom. The predicted molar refractivity (Wildman–Crippen MR) is 130 cm³/mol. The molecule has 36 heavy (non-hydrogen) atoms. The minimum atomic E-state index is 0.00211. The number of nitrogens with two attached hydrogens (primary N) is 1. The van der Waals surface area contributed by atoms with Crippen molar-refractivity contribution in [1.82, 2.24) is 39.9 Å². The van der Waals surface area contributed by atoms with Gasteiger partial charge in [-0.25, -0.2) is 39.9 Å². The number of fused-ring (bicyclic) bond motifs is 4. The van der Waals surface area contributed by atoms with Crippen LogP contribution >= 0.6 is 0 Å². The van der Waals surface area contributed by atoms with Crippen LogP contribution in [0.15, 0.2) is 36.4 Å². The van der Waals surface area contributed by atoms with E-state index >= 15 is 0 Å². The quantitative estimate of drug-likeness (QED) is 0.351. The molecule has 0 aliphatic carbocycles. The maximum absolute atomic E-state index is 9.38. The highest BCUT2D eigenvalue weighted by Gasteiger charge is 2.15. The Morgan fingerprint density at radius 3 is 1.61 bits per heavy atom. The molecule has 0 fully saturated rings. The van der Waals surface area contributed by atoms with Gasteiger partial charge in [-0.3, -0.25) is 0 Å². The molecule has 0 bridgehead atoms. The Hall–Kier alpha value is -5.93. The molecule has 0 aliphatic heterocycles. The van der Waals surface area contributed by atoms with Crippen molar-refractivity contribution >= 4 is 50.5 Å². The number of rotatable bonds is 1. The van der Waals surface area contributed by atoms with Crippen LogP contribution in [0, 0.1) is 28.7 Å². The second-order valence-electron chi connectivity index (χ2n) is 7.59. The second-order valence-corrected chi connectivity index (χ2v) is 7.59. The minimum absolute atomic E-state index is 0.00211. The maximum atomic E-state index is 9.38. The molecule has 12 heteroatoms. The van der Waals surface area contributed by atoms with Crippen LogP contribution in [-0.4, -0.2) is 46.9 Å². The lowest BCUT2D eigenvalue weighted by Gasteiger charge is -2.07. The van der Waals surface area contributed by atoms with Gasteiger partial charge in [-0.2, -0.15) is 10.5 Å². The Labute approximate surface area is 201 Å². The number of anilines is 1. The van der Waals surface area contributed by atoms with Crippen molar-refractivity contribution < 1.29 is 0 Å². The van der Waals surface area contributed by atoms with Gasteiger partial charge in [0, 0.05) is 0 Å². The first-order valence-corrected chi connectivity index (χ1v) is 10.5. The first-order chi connectivity index (χ1) is 17.6. The summed E-state index contributed by atoms with van der Waals surface area (Å²) in [5.41, 5.74) is 11.2.